The molecule has 0 fully saturated rings. The Hall–Kier alpha value is -1.68. The monoisotopic (exact) mass is 278 g/mol. The quantitative estimate of drug-likeness (QED) is 0.933. The molecule has 5 heteroatoms. The maximum absolute atomic E-state index is 6.16. The first-order valence-corrected chi connectivity index (χ1v) is 6.55. The SMILES string of the molecule is Cc1ccc(Cl)c(NCc2cnc(N(C)C)n2C)c1. The minimum absolute atomic E-state index is 0.695. The Morgan fingerprint density at radius 1 is 1.37 bits per heavy atom. The van der Waals surface area contributed by atoms with Gasteiger partial charge in [-0.3, -0.25) is 0 Å². The highest BCUT2D eigenvalue weighted by atomic mass is 35.5. The summed E-state index contributed by atoms with van der Waals surface area (Å²) >= 11 is 6.16. The Labute approximate surface area is 119 Å². The molecular weight excluding hydrogens is 260 g/mol. The first-order chi connectivity index (χ1) is 8.99. The molecule has 0 unspecified atom stereocenters. The van der Waals surface area contributed by atoms with E-state index in [1.807, 2.05) is 50.4 Å². The molecule has 1 aromatic heterocycles. The largest absolute Gasteiger partial charge is 0.378 e. The molecular formula is C14H19ClN4. The number of aromatic nitrogens is 2. The molecule has 1 N–H and O–H groups in total. The lowest BCUT2D eigenvalue weighted by atomic mass is 10.2. The Kier molecular flexibility index (Phi) is 4.00. The zero-order valence-electron chi connectivity index (χ0n) is 11.7. The van der Waals surface area contributed by atoms with Crippen LogP contribution < -0.4 is 10.2 Å². The predicted octanol–water partition coefficient (Wildman–Crippen LogP) is 3.06. The second kappa shape index (κ2) is 5.53. The van der Waals surface area contributed by atoms with Crippen molar-refractivity contribution >= 4 is 23.2 Å². The van der Waals surface area contributed by atoms with E-state index in [4.69, 9.17) is 11.6 Å². The average Bonchev–Trinajstić information content (AvgIpc) is 2.72. The standard InChI is InChI=1S/C14H19ClN4/c1-10-5-6-12(15)13(7-10)16-8-11-9-17-14(18(2)3)19(11)4/h5-7,9,16H,8H2,1-4H3. The predicted molar refractivity (Wildman–Crippen MR) is 81.1 cm³/mol. The first-order valence-electron chi connectivity index (χ1n) is 6.17. The lowest BCUT2D eigenvalue weighted by molar-refractivity contribution is 0.814. The van der Waals surface area contributed by atoms with Crippen molar-refractivity contribution in [1.82, 2.24) is 9.55 Å². The lowest BCUT2D eigenvalue weighted by Crippen LogP contribution is -2.15. The minimum Gasteiger partial charge on any atom is -0.378 e. The van der Waals surface area contributed by atoms with Gasteiger partial charge in [-0.1, -0.05) is 17.7 Å². The summed E-state index contributed by atoms with van der Waals surface area (Å²) in [5, 5.41) is 4.09. The van der Waals surface area contributed by atoms with Crippen LogP contribution in [0.15, 0.2) is 24.4 Å². The zero-order valence-corrected chi connectivity index (χ0v) is 12.5. The highest BCUT2D eigenvalue weighted by Gasteiger charge is 2.08. The number of imidazole rings is 1. The normalized spacial score (nSPS) is 10.6. The molecule has 2 rings (SSSR count). The number of hydrogen-bond donors (Lipinski definition) is 1. The molecule has 0 saturated carbocycles. The van der Waals surface area contributed by atoms with Crippen molar-refractivity contribution in [3.05, 3.63) is 40.7 Å². The molecule has 102 valence electrons. The molecule has 19 heavy (non-hydrogen) atoms. The average molecular weight is 279 g/mol. The van der Waals surface area contributed by atoms with Gasteiger partial charge in [-0.25, -0.2) is 4.98 Å². The van der Waals surface area contributed by atoms with E-state index in [0.717, 1.165) is 22.4 Å². The molecule has 0 aliphatic carbocycles. The van der Waals surface area contributed by atoms with Gasteiger partial charge in [-0.2, -0.15) is 0 Å². The van der Waals surface area contributed by atoms with E-state index in [-0.39, 0.29) is 0 Å². The molecule has 0 saturated heterocycles. The van der Waals surface area contributed by atoms with Gasteiger partial charge in [-0.05, 0) is 24.6 Å². The summed E-state index contributed by atoms with van der Waals surface area (Å²) in [6.07, 6.45) is 1.88. The van der Waals surface area contributed by atoms with Crippen molar-refractivity contribution in [1.29, 1.82) is 0 Å². The van der Waals surface area contributed by atoms with Crippen molar-refractivity contribution in [2.45, 2.75) is 13.5 Å². The number of benzene rings is 1. The number of anilines is 2. The summed E-state index contributed by atoms with van der Waals surface area (Å²) in [6, 6.07) is 5.96. The molecule has 0 aliphatic heterocycles. The lowest BCUT2D eigenvalue weighted by Gasteiger charge is -2.13. The molecule has 1 heterocycles. The van der Waals surface area contributed by atoms with Crippen LogP contribution in [0.3, 0.4) is 0 Å². The van der Waals surface area contributed by atoms with E-state index < -0.39 is 0 Å². The van der Waals surface area contributed by atoms with Gasteiger partial charge in [0.25, 0.3) is 0 Å². The smallest absolute Gasteiger partial charge is 0.204 e. The summed E-state index contributed by atoms with van der Waals surface area (Å²) in [4.78, 5) is 6.37. The Morgan fingerprint density at radius 3 is 2.74 bits per heavy atom. The number of nitrogens with one attached hydrogen (secondary N) is 1. The molecule has 0 aliphatic rings. The molecule has 0 radical (unpaired) electrons. The number of aryl methyl sites for hydroxylation is 1. The summed E-state index contributed by atoms with van der Waals surface area (Å²) in [5.74, 6) is 0.937. The van der Waals surface area contributed by atoms with Gasteiger partial charge in [0, 0.05) is 21.1 Å². The van der Waals surface area contributed by atoms with Crippen LogP contribution >= 0.6 is 11.6 Å². The van der Waals surface area contributed by atoms with Gasteiger partial charge in [-0.15, -0.1) is 0 Å². The van der Waals surface area contributed by atoms with E-state index in [0.29, 0.717) is 6.54 Å². The molecule has 4 nitrogen and oxygen atoms in total. The van der Waals surface area contributed by atoms with Crippen LogP contribution in [0.4, 0.5) is 11.6 Å². The maximum Gasteiger partial charge on any atom is 0.204 e. The van der Waals surface area contributed by atoms with Gasteiger partial charge in [0.05, 0.1) is 29.1 Å². The molecule has 1 aromatic carbocycles. The molecule has 0 amide bonds. The van der Waals surface area contributed by atoms with Crippen molar-refractivity contribution in [3.8, 4) is 0 Å². The van der Waals surface area contributed by atoms with Crippen LogP contribution in [-0.2, 0) is 13.6 Å². The van der Waals surface area contributed by atoms with Crippen molar-refractivity contribution in [2.75, 3.05) is 24.3 Å². The Bertz CT molecular complexity index is 575. The Morgan fingerprint density at radius 2 is 2.11 bits per heavy atom. The fraction of sp³-hybridized carbons (Fsp3) is 0.357. The van der Waals surface area contributed by atoms with E-state index in [1.165, 1.54) is 5.56 Å². The fourth-order valence-electron chi connectivity index (χ4n) is 1.97. The molecule has 0 spiro atoms. The number of nitrogens with zero attached hydrogens (tertiary/aromatic N) is 3. The van der Waals surface area contributed by atoms with Crippen molar-refractivity contribution < 1.29 is 0 Å². The minimum atomic E-state index is 0.695. The van der Waals surface area contributed by atoms with Crippen LogP contribution in [0.2, 0.25) is 5.02 Å². The second-order valence-corrected chi connectivity index (χ2v) is 5.25. The van der Waals surface area contributed by atoms with Gasteiger partial charge < -0.3 is 14.8 Å². The summed E-state index contributed by atoms with van der Waals surface area (Å²) in [5.41, 5.74) is 3.25. The third kappa shape index (κ3) is 3.01. The number of hydrogen-bond acceptors (Lipinski definition) is 3. The summed E-state index contributed by atoms with van der Waals surface area (Å²) < 4.78 is 2.07. The van der Waals surface area contributed by atoms with E-state index in [9.17, 15) is 0 Å². The van der Waals surface area contributed by atoms with E-state index in [1.54, 1.807) is 0 Å². The first kappa shape index (κ1) is 13.7. The maximum atomic E-state index is 6.16. The number of rotatable bonds is 4. The van der Waals surface area contributed by atoms with Crippen molar-refractivity contribution in [2.24, 2.45) is 7.05 Å². The van der Waals surface area contributed by atoms with Gasteiger partial charge >= 0.3 is 0 Å². The zero-order chi connectivity index (χ0) is 14.0. The summed E-state index contributed by atoms with van der Waals surface area (Å²) in [7, 11) is 5.98. The van der Waals surface area contributed by atoms with Gasteiger partial charge in [0.2, 0.25) is 5.95 Å². The van der Waals surface area contributed by atoms with Crippen LogP contribution in [-0.4, -0.2) is 23.6 Å². The van der Waals surface area contributed by atoms with Crippen molar-refractivity contribution in [3.63, 3.8) is 0 Å². The van der Waals surface area contributed by atoms with E-state index in [2.05, 4.69) is 21.8 Å². The van der Waals surface area contributed by atoms with Crippen LogP contribution in [0.5, 0.6) is 0 Å². The van der Waals surface area contributed by atoms with Crippen LogP contribution in [0.25, 0.3) is 0 Å². The van der Waals surface area contributed by atoms with Gasteiger partial charge in [0.15, 0.2) is 0 Å². The molecule has 0 atom stereocenters. The summed E-state index contributed by atoms with van der Waals surface area (Å²) in [6.45, 7) is 2.75. The molecule has 0 bridgehead atoms. The fourth-order valence-corrected chi connectivity index (χ4v) is 2.16. The second-order valence-electron chi connectivity index (χ2n) is 4.84. The highest BCUT2D eigenvalue weighted by Crippen LogP contribution is 2.23. The number of halogens is 1. The molecule has 2 aromatic rings. The topological polar surface area (TPSA) is 33.1 Å². The van der Waals surface area contributed by atoms with Crippen LogP contribution in [0, 0.1) is 6.92 Å². The third-order valence-corrected chi connectivity index (χ3v) is 3.37. The third-order valence-electron chi connectivity index (χ3n) is 3.04. The highest BCUT2D eigenvalue weighted by molar-refractivity contribution is 6.33. The van der Waals surface area contributed by atoms with E-state index >= 15 is 0 Å². The van der Waals surface area contributed by atoms with Crippen LogP contribution in [0.1, 0.15) is 11.3 Å². The van der Waals surface area contributed by atoms with Gasteiger partial charge in [0.1, 0.15) is 0 Å². The Balaban J connectivity index is 2.12.